The molecule has 0 aromatic carbocycles. The second-order valence-corrected chi connectivity index (χ2v) is 11.0. The Bertz CT molecular complexity index is 843. The summed E-state index contributed by atoms with van der Waals surface area (Å²) in [6, 6.07) is 4.74. The molecule has 1 unspecified atom stereocenters. The number of anilines is 1. The number of thiophene rings is 1. The van der Waals surface area contributed by atoms with Crippen LogP contribution in [0.25, 0.3) is 0 Å². The molecule has 2 amide bonds. The number of nitrogens with one attached hydrogen (secondary N) is 2. The van der Waals surface area contributed by atoms with Gasteiger partial charge in [0.1, 0.15) is 11.9 Å². The fourth-order valence-electron chi connectivity index (χ4n) is 2.35. The molecule has 0 aliphatic heterocycles. The molecule has 1 atom stereocenters. The maximum Gasteiger partial charge on any atom is 0.262 e. The molecule has 0 spiro atoms. The Hall–Kier alpha value is -1.67. The number of rotatable bonds is 4. The highest BCUT2D eigenvalue weighted by Gasteiger charge is 2.27. The molecule has 148 valence electrons. The van der Waals surface area contributed by atoms with E-state index in [1.807, 2.05) is 31.5 Å². The van der Waals surface area contributed by atoms with Crippen molar-refractivity contribution in [2.45, 2.75) is 65.5 Å². The molecular formula is C19H27BrN4O2S. The van der Waals surface area contributed by atoms with Crippen LogP contribution in [-0.4, -0.2) is 27.6 Å². The summed E-state index contributed by atoms with van der Waals surface area (Å²) < 4.78 is 2.68. The summed E-state index contributed by atoms with van der Waals surface area (Å²) in [6.07, 6.45) is 0. The van der Waals surface area contributed by atoms with Crippen molar-refractivity contribution in [3.8, 4) is 0 Å². The highest BCUT2D eigenvalue weighted by atomic mass is 79.9. The van der Waals surface area contributed by atoms with E-state index in [4.69, 9.17) is 0 Å². The quantitative estimate of drug-likeness (QED) is 0.712. The number of carbonyl (C=O) groups excluding carboxylic acids is 2. The van der Waals surface area contributed by atoms with Crippen LogP contribution in [0.15, 0.2) is 22.0 Å². The molecule has 2 N–H and O–H groups in total. The van der Waals surface area contributed by atoms with Crippen molar-refractivity contribution >= 4 is 44.9 Å². The zero-order valence-corrected chi connectivity index (χ0v) is 19.2. The fraction of sp³-hybridized carbons (Fsp3) is 0.526. The molecule has 27 heavy (non-hydrogen) atoms. The number of amides is 2. The Kier molecular flexibility index (Phi) is 6.21. The van der Waals surface area contributed by atoms with E-state index in [1.165, 1.54) is 11.3 Å². The van der Waals surface area contributed by atoms with Crippen LogP contribution in [0.4, 0.5) is 5.82 Å². The Morgan fingerprint density at radius 3 is 2.30 bits per heavy atom. The van der Waals surface area contributed by atoms with Gasteiger partial charge in [-0.2, -0.15) is 5.10 Å². The van der Waals surface area contributed by atoms with E-state index in [2.05, 4.69) is 52.4 Å². The summed E-state index contributed by atoms with van der Waals surface area (Å²) in [5.74, 6) is 0.0651. The molecule has 0 radical (unpaired) electrons. The van der Waals surface area contributed by atoms with E-state index in [1.54, 1.807) is 19.1 Å². The molecule has 2 aromatic rings. The van der Waals surface area contributed by atoms with Crippen LogP contribution in [0.2, 0.25) is 0 Å². The molecule has 0 bridgehead atoms. The third-order valence-electron chi connectivity index (χ3n) is 3.90. The number of halogens is 1. The van der Waals surface area contributed by atoms with E-state index in [0.717, 1.165) is 9.48 Å². The van der Waals surface area contributed by atoms with Crippen molar-refractivity contribution in [1.82, 2.24) is 15.1 Å². The van der Waals surface area contributed by atoms with Crippen molar-refractivity contribution in [3.63, 3.8) is 0 Å². The maximum absolute atomic E-state index is 12.6. The first-order valence-electron chi connectivity index (χ1n) is 8.77. The second kappa shape index (κ2) is 7.75. The van der Waals surface area contributed by atoms with Crippen LogP contribution >= 0.6 is 27.3 Å². The van der Waals surface area contributed by atoms with Crippen LogP contribution < -0.4 is 10.6 Å². The number of aromatic nitrogens is 2. The number of carbonyl (C=O) groups is 2. The van der Waals surface area contributed by atoms with E-state index in [0.29, 0.717) is 10.7 Å². The molecule has 0 aliphatic rings. The highest BCUT2D eigenvalue weighted by Crippen LogP contribution is 2.28. The van der Waals surface area contributed by atoms with Gasteiger partial charge in [-0.1, -0.05) is 20.8 Å². The van der Waals surface area contributed by atoms with Gasteiger partial charge in [-0.15, -0.1) is 11.3 Å². The van der Waals surface area contributed by atoms with Crippen LogP contribution in [0.1, 0.15) is 63.8 Å². The van der Waals surface area contributed by atoms with Crippen molar-refractivity contribution in [2.75, 3.05) is 5.32 Å². The van der Waals surface area contributed by atoms with Gasteiger partial charge >= 0.3 is 0 Å². The SMILES string of the molecule is CC(NC(=O)c1ccc(Br)s1)C(=O)Nc1cc(C(C)(C)C)nn1C(C)(C)C. The van der Waals surface area contributed by atoms with Gasteiger partial charge in [0, 0.05) is 11.5 Å². The predicted octanol–water partition coefficient (Wildman–Crippen LogP) is 4.52. The normalized spacial score (nSPS) is 13.3. The van der Waals surface area contributed by atoms with Gasteiger partial charge in [0.2, 0.25) is 5.91 Å². The Morgan fingerprint density at radius 1 is 1.19 bits per heavy atom. The van der Waals surface area contributed by atoms with Crippen LogP contribution in [0.3, 0.4) is 0 Å². The zero-order chi connectivity index (χ0) is 20.6. The highest BCUT2D eigenvalue weighted by molar-refractivity contribution is 9.11. The van der Waals surface area contributed by atoms with Crippen molar-refractivity contribution in [3.05, 3.63) is 32.6 Å². The predicted molar refractivity (Wildman–Crippen MR) is 113 cm³/mol. The Balaban J connectivity index is 2.16. The third kappa shape index (κ3) is 5.42. The first-order valence-corrected chi connectivity index (χ1v) is 10.4. The first-order chi connectivity index (χ1) is 12.3. The van der Waals surface area contributed by atoms with Gasteiger partial charge in [0.05, 0.1) is 19.9 Å². The van der Waals surface area contributed by atoms with Gasteiger partial charge in [-0.05, 0) is 55.8 Å². The van der Waals surface area contributed by atoms with Crippen LogP contribution in [0.5, 0.6) is 0 Å². The molecule has 2 rings (SSSR count). The average Bonchev–Trinajstić information content (AvgIpc) is 3.12. The molecule has 6 nitrogen and oxygen atoms in total. The molecule has 2 heterocycles. The molecule has 0 fully saturated rings. The summed E-state index contributed by atoms with van der Waals surface area (Å²) in [7, 11) is 0. The zero-order valence-electron chi connectivity index (χ0n) is 16.8. The minimum absolute atomic E-state index is 0.137. The first kappa shape index (κ1) is 21.6. The fourth-order valence-corrected chi connectivity index (χ4v) is 3.64. The van der Waals surface area contributed by atoms with E-state index < -0.39 is 6.04 Å². The third-order valence-corrected chi connectivity index (χ3v) is 5.52. The summed E-state index contributed by atoms with van der Waals surface area (Å²) in [6.45, 7) is 14.0. The number of nitrogens with zero attached hydrogens (tertiary/aromatic N) is 2. The number of hydrogen-bond acceptors (Lipinski definition) is 4. The minimum Gasteiger partial charge on any atom is -0.340 e. The van der Waals surface area contributed by atoms with Crippen molar-refractivity contribution in [2.24, 2.45) is 0 Å². The summed E-state index contributed by atoms with van der Waals surface area (Å²) in [5.41, 5.74) is 0.470. The standard InChI is InChI=1S/C19H27BrN4O2S/c1-11(21-17(26)12-8-9-14(20)27-12)16(25)22-15-10-13(18(2,3)4)23-24(15)19(5,6)7/h8-11H,1-7H3,(H,21,26)(H,22,25). The largest absolute Gasteiger partial charge is 0.340 e. The Labute approximate surface area is 172 Å². The average molecular weight is 455 g/mol. The molecular weight excluding hydrogens is 428 g/mol. The minimum atomic E-state index is -0.681. The summed E-state index contributed by atoms with van der Waals surface area (Å²) in [4.78, 5) is 25.5. The second-order valence-electron chi connectivity index (χ2n) is 8.54. The lowest BCUT2D eigenvalue weighted by Gasteiger charge is -2.23. The van der Waals surface area contributed by atoms with Gasteiger partial charge in [-0.25, -0.2) is 4.68 Å². The summed E-state index contributed by atoms with van der Waals surface area (Å²) in [5, 5.41) is 10.3. The van der Waals surface area contributed by atoms with Gasteiger partial charge in [0.25, 0.3) is 5.91 Å². The lowest BCUT2D eigenvalue weighted by molar-refractivity contribution is -0.117. The monoisotopic (exact) mass is 454 g/mol. The molecule has 0 saturated carbocycles. The van der Waals surface area contributed by atoms with E-state index >= 15 is 0 Å². The van der Waals surface area contributed by atoms with Crippen LogP contribution in [0, 0.1) is 0 Å². The van der Waals surface area contributed by atoms with E-state index in [-0.39, 0.29) is 22.8 Å². The lowest BCUT2D eigenvalue weighted by Crippen LogP contribution is -2.42. The van der Waals surface area contributed by atoms with Gasteiger partial charge in [0.15, 0.2) is 0 Å². The van der Waals surface area contributed by atoms with Gasteiger partial charge in [-0.3, -0.25) is 9.59 Å². The topological polar surface area (TPSA) is 76.0 Å². The van der Waals surface area contributed by atoms with Crippen LogP contribution in [-0.2, 0) is 15.7 Å². The molecule has 2 aromatic heterocycles. The smallest absolute Gasteiger partial charge is 0.262 e. The molecule has 0 saturated heterocycles. The molecule has 0 aliphatic carbocycles. The van der Waals surface area contributed by atoms with Crippen molar-refractivity contribution < 1.29 is 9.59 Å². The number of hydrogen-bond donors (Lipinski definition) is 2. The van der Waals surface area contributed by atoms with E-state index in [9.17, 15) is 9.59 Å². The molecule has 8 heteroatoms. The lowest BCUT2D eigenvalue weighted by atomic mass is 9.92. The van der Waals surface area contributed by atoms with Gasteiger partial charge < -0.3 is 10.6 Å². The summed E-state index contributed by atoms with van der Waals surface area (Å²) >= 11 is 4.66. The maximum atomic E-state index is 12.6. The Morgan fingerprint density at radius 2 is 1.81 bits per heavy atom. The van der Waals surface area contributed by atoms with Crippen molar-refractivity contribution in [1.29, 1.82) is 0 Å².